The van der Waals surface area contributed by atoms with Gasteiger partial charge in [0.25, 0.3) is 0 Å². The molecule has 0 saturated heterocycles. The fourth-order valence-electron chi connectivity index (χ4n) is 0.714. The van der Waals surface area contributed by atoms with Crippen molar-refractivity contribution in [2.75, 3.05) is 13.2 Å². The minimum absolute atomic E-state index is 0.197. The first-order valence-corrected chi connectivity index (χ1v) is 4.57. The molecule has 0 aromatic carbocycles. The summed E-state index contributed by atoms with van der Waals surface area (Å²) < 4.78 is 5.45. The molecule has 0 aliphatic carbocycles. The van der Waals surface area contributed by atoms with Gasteiger partial charge in [-0.1, -0.05) is 20.8 Å². The Hall–Kier alpha value is -0.0800. The monoisotopic (exact) mass is 173 g/mol. The van der Waals surface area contributed by atoms with Gasteiger partial charge in [0.1, 0.15) is 0 Å². The van der Waals surface area contributed by atoms with Crippen molar-refractivity contribution in [3.05, 3.63) is 0 Å². The molecule has 0 aromatic rings. The highest BCUT2D eigenvalue weighted by Crippen LogP contribution is 2.18. The van der Waals surface area contributed by atoms with Crippen LogP contribution in [0.2, 0.25) is 0 Å². The fourth-order valence-corrected chi connectivity index (χ4v) is 0.714. The minimum Gasteiger partial charge on any atom is -0.380 e. The van der Waals surface area contributed by atoms with Crippen LogP contribution in [0.1, 0.15) is 41.0 Å². The molecule has 0 aromatic heterocycles. The maximum absolute atomic E-state index is 5.76. The maximum Gasteiger partial charge on any atom is 0.0640 e. The van der Waals surface area contributed by atoms with E-state index in [4.69, 9.17) is 10.5 Å². The van der Waals surface area contributed by atoms with E-state index in [1.807, 2.05) is 13.8 Å². The molecule has 0 saturated carbocycles. The fraction of sp³-hybridized carbons (Fsp3) is 1.00. The lowest BCUT2D eigenvalue weighted by molar-refractivity contribution is 0.0779. The summed E-state index contributed by atoms with van der Waals surface area (Å²) in [5.41, 5.74) is 5.92. The lowest BCUT2D eigenvalue weighted by Gasteiger charge is -2.21. The van der Waals surface area contributed by atoms with E-state index in [-0.39, 0.29) is 5.54 Å². The molecule has 0 aliphatic heterocycles. The van der Waals surface area contributed by atoms with E-state index in [1.54, 1.807) is 0 Å². The molecule has 0 heterocycles. The van der Waals surface area contributed by atoms with Crippen LogP contribution >= 0.6 is 0 Å². The normalized spacial score (nSPS) is 13.5. The third kappa shape index (κ3) is 9.92. The molecule has 12 heavy (non-hydrogen) atoms. The van der Waals surface area contributed by atoms with Gasteiger partial charge in [-0.2, -0.15) is 0 Å². The van der Waals surface area contributed by atoms with Gasteiger partial charge in [0.15, 0.2) is 0 Å². The Balaban J connectivity index is 3.35. The van der Waals surface area contributed by atoms with Crippen molar-refractivity contribution >= 4 is 0 Å². The Labute approximate surface area is 76.5 Å². The number of nitrogens with two attached hydrogens (primary N) is 1. The summed E-state index contributed by atoms with van der Waals surface area (Å²) in [5, 5.41) is 0. The molecule has 74 valence electrons. The topological polar surface area (TPSA) is 35.2 Å². The molecule has 0 aliphatic rings. The van der Waals surface area contributed by atoms with Crippen LogP contribution in [-0.4, -0.2) is 18.8 Å². The van der Waals surface area contributed by atoms with Crippen molar-refractivity contribution < 1.29 is 4.74 Å². The quantitative estimate of drug-likeness (QED) is 0.661. The first kappa shape index (κ1) is 11.9. The van der Waals surface area contributed by atoms with Crippen LogP contribution in [0.3, 0.4) is 0 Å². The third-order valence-electron chi connectivity index (χ3n) is 1.47. The predicted molar refractivity (Wildman–Crippen MR) is 53.2 cm³/mol. The Morgan fingerprint density at radius 1 is 1.08 bits per heavy atom. The molecule has 0 fully saturated rings. The molecular formula is C10H23NO. The van der Waals surface area contributed by atoms with E-state index >= 15 is 0 Å². The van der Waals surface area contributed by atoms with E-state index in [9.17, 15) is 0 Å². The Kier molecular flexibility index (Phi) is 4.21. The summed E-state index contributed by atoms with van der Waals surface area (Å²) in [4.78, 5) is 0. The van der Waals surface area contributed by atoms with Crippen LogP contribution < -0.4 is 5.73 Å². The molecule has 0 spiro atoms. The van der Waals surface area contributed by atoms with Crippen molar-refractivity contribution in [3.8, 4) is 0 Å². The number of rotatable bonds is 4. The molecule has 0 bridgehead atoms. The first-order valence-electron chi connectivity index (χ1n) is 4.57. The molecule has 0 unspecified atom stereocenters. The second-order valence-electron chi connectivity index (χ2n) is 5.35. The number of ether oxygens (including phenoxy) is 1. The molecule has 2 nitrogen and oxygen atoms in total. The Bertz CT molecular complexity index is 103. The zero-order valence-corrected chi connectivity index (χ0v) is 9.11. The van der Waals surface area contributed by atoms with Gasteiger partial charge < -0.3 is 10.5 Å². The standard InChI is InChI=1S/C10H23NO/c1-9(2,3)6-7-12-8-10(4,5)11/h6-8,11H2,1-5H3. The van der Waals surface area contributed by atoms with Crippen LogP contribution in [0.15, 0.2) is 0 Å². The summed E-state index contributed by atoms with van der Waals surface area (Å²) in [6, 6.07) is 0. The van der Waals surface area contributed by atoms with Crippen LogP contribution in [0.4, 0.5) is 0 Å². The maximum atomic E-state index is 5.76. The minimum atomic E-state index is -0.197. The van der Waals surface area contributed by atoms with Gasteiger partial charge in [0.2, 0.25) is 0 Å². The Morgan fingerprint density at radius 3 is 1.92 bits per heavy atom. The third-order valence-corrected chi connectivity index (χ3v) is 1.47. The second-order valence-corrected chi connectivity index (χ2v) is 5.35. The SMILES string of the molecule is CC(C)(C)CCOCC(C)(C)N. The van der Waals surface area contributed by atoms with E-state index in [1.165, 1.54) is 0 Å². The average molecular weight is 173 g/mol. The van der Waals surface area contributed by atoms with Crippen molar-refractivity contribution in [1.29, 1.82) is 0 Å². The van der Waals surface area contributed by atoms with E-state index in [0.717, 1.165) is 13.0 Å². The summed E-state index contributed by atoms with van der Waals surface area (Å²) >= 11 is 0. The van der Waals surface area contributed by atoms with Crippen molar-refractivity contribution in [1.82, 2.24) is 0 Å². The predicted octanol–water partition coefficient (Wildman–Crippen LogP) is 2.18. The lowest BCUT2D eigenvalue weighted by atomic mass is 9.93. The van der Waals surface area contributed by atoms with Gasteiger partial charge >= 0.3 is 0 Å². The summed E-state index contributed by atoms with van der Waals surface area (Å²) in [6.07, 6.45) is 1.09. The largest absolute Gasteiger partial charge is 0.380 e. The molecule has 0 rings (SSSR count). The van der Waals surface area contributed by atoms with Crippen molar-refractivity contribution in [2.45, 2.75) is 46.6 Å². The second kappa shape index (κ2) is 4.24. The highest BCUT2D eigenvalue weighted by atomic mass is 16.5. The van der Waals surface area contributed by atoms with Crippen LogP contribution in [-0.2, 0) is 4.74 Å². The van der Waals surface area contributed by atoms with Crippen molar-refractivity contribution in [2.24, 2.45) is 11.1 Å². The van der Waals surface area contributed by atoms with Gasteiger partial charge in [-0.25, -0.2) is 0 Å². The Morgan fingerprint density at radius 2 is 1.58 bits per heavy atom. The summed E-state index contributed by atoms with van der Waals surface area (Å²) in [5.74, 6) is 0. The molecule has 2 N–H and O–H groups in total. The first-order chi connectivity index (χ1) is 5.21. The van der Waals surface area contributed by atoms with Gasteiger partial charge in [-0.3, -0.25) is 0 Å². The smallest absolute Gasteiger partial charge is 0.0640 e. The zero-order chi connectivity index (χ0) is 9.83. The highest BCUT2D eigenvalue weighted by molar-refractivity contribution is 4.70. The molecule has 2 heteroatoms. The zero-order valence-electron chi connectivity index (χ0n) is 9.11. The molecule has 0 amide bonds. The van der Waals surface area contributed by atoms with E-state index in [2.05, 4.69) is 20.8 Å². The van der Waals surface area contributed by atoms with Gasteiger partial charge in [0.05, 0.1) is 6.61 Å². The lowest BCUT2D eigenvalue weighted by Crippen LogP contribution is -2.37. The van der Waals surface area contributed by atoms with E-state index < -0.39 is 0 Å². The summed E-state index contributed by atoms with van der Waals surface area (Å²) in [7, 11) is 0. The van der Waals surface area contributed by atoms with Gasteiger partial charge in [-0.15, -0.1) is 0 Å². The van der Waals surface area contributed by atoms with E-state index in [0.29, 0.717) is 12.0 Å². The van der Waals surface area contributed by atoms with Crippen LogP contribution in [0.5, 0.6) is 0 Å². The number of hydrogen-bond donors (Lipinski definition) is 1. The van der Waals surface area contributed by atoms with Crippen LogP contribution in [0, 0.1) is 5.41 Å². The number of hydrogen-bond acceptors (Lipinski definition) is 2. The molecule has 0 atom stereocenters. The molecular weight excluding hydrogens is 150 g/mol. The summed E-state index contributed by atoms with van der Waals surface area (Å²) in [6.45, 7) is 12.0. The average Bonchev–Trinajstić information content (AvgIpc) is 1.76. The van der Waals surface area contributed by atoms with Crippen LogP contribution in [0.25, 0.3) is 0 Å². The van der Waals surface area contributed by atoms with Crippen molar-refractivity contribution in [3.63, 3.8) is 0 Å². The van der Waals surface area contributed by atoms with Gasteiger partial charge in [0, 0.05) is 12.1 Å². The highest BCUT2D eigenvalue weighted by Gasteiger charge is 2.13. The van der Waals surface area contributed by atoms with Gasteiger partial charge in [-0.05, 0) is 25.7 Å². The molecule has 0 radical (unpaired) electrons.